The molecule has 1 N–H and O–H groups in total. The zero-order valence-electron chi connectivity index (χ0n) is 18.6. The van der Waals surface area contributed by atoms with Crippen molar-refractivity contribution in [2.45, 2.75) is 82.6 Å². The molecule has 4 saturated carbocycles. The molecule has 0 radical (unpaired) electrons. The lowest BCUT2D eigenvalue weighted by Crippen LogP contribution is -2.54. The highest BCUT2D eigenvalue weighted by atomic mass is 32.2. The number of aliphatic hydroxyl groups is 1. The van der Waals surface area contributed by atoms with Crippen LogP contribution in [0.25, 0.3) is 0 Å². The van der Waals surface area contributed by atoms with Crippen molar-refractivity contribution in [2.75, 3.05) is 5.75 Å². The summed E-state index contributed by atoms with van der Waals surface area (Å²) in [4.78, 5) is 18.5. The Balaban J connectivity index is 1.30. The summed E-state index contributed by atoms with van der Waals surface area (Å²) in [6.07, 6.45) is 14.2. The van der Waals surface area contributed by atoms with Gasteiger partial charge in [0.15, 0.2) is 0 Å². The monoisotopic (exact) mass is 427 g/mol. The van der Waals surface area contributed by atoms with Crippen LogP contribution in [0, 0.1) is 40.4 Å². The van der Waals surface area contributed by atoms with Crippen LogP contribution in [0.3, 0.4) is 0 Å². The molecule has 3 nitrogen and oxygen atoms in total. The zero-order chi connectivity index (χ0) is 20.9. The van der Waals surface area contributed by atoms with Gasteiger partial charge in [-0.3, -0.25) is 9.78 Å². The van der Waals surface area contributed by atoms with Gasteiger partial charge in [0.2, 0.25) is 0 Å². The quantitative estimate of drug-likeness (QED) is 0.620. The maximum atomic E-state index is 13.3. The van der Waals surface area contributed by atoms with E-state index in [1.165, 1.54) is 38.5 Å². The Hall–Kier alpha value is -0.870. The van der Waals surface area contributed by atoms with Crippen molar-refractivity contribution >= 4 is 17.5 Å². The van der Waals surface area contributed by atoms with Gasteiger partial charge >= 0.3 is 0 Å². The van der Waals surface area contributed by atoms with E-state index in [2.05, 4.69) is 18.8 Å². The molecule has 0 saturated heterocycles. The van der Waals surface area contributed by atoms with E-state index < -0.39 is 0 Å². The fraction of sp³-hybridized carbons (Fsp3) is 0.769. The van der Waals surface area contributed by atoms with E-state index in [1.54, 1.807) is 11.8 Å². The minimum Gasteiger partial charge on any atom is -0.393 e. The number of ketones is 1. The van der Waals surface area contributed by atoms with Crippen LogP contribution in [0.5, 0.6) is 0 Å². The molecule has 1 aromatic rings. The fourth-order valence-electron chi connectivity index (χ4n) is 8.45. The maximum absolute atomic E-state index is 13.3. The van der Waals surface area contributed by atoms with Crippen molar-refractivity contribution < 1.29 is 9.90 Å². The molecule has 4 aliphatic carbocycles. The third kappa shape index (κ3) is 3.37. The Morgan fingerprint density at radius 3 is 2.57 bits per heavy atom. The van der Waals surface area contributed by atoms with Crippen molar-refractivity contribution in [2.24, 2.45) is 40.4 Å². The number of fused-ring (bicyclic) bond motifs is 5. The number of nitrogens with zero attached hydrogens (tertiary/aromatic N) is 1. The molecule has 0 aromatic carbocycles. The zero-order valence-corrected chi connectivity index (χ0v) is 19.4. The fourth-order valence-corrected chi connectivity index (χ4v) is 9.28. The van der Waals surface area contributed by atoms with Crippen LogP contribution < -0.4 is 0 Å². The van der Waals surface area contributed by atoms with E-state index >= 15 is 0 Å². The Morgan fingerprint density at radius 2 is 1.77 bits per heavy atom. The van der Waals surface area contributed by atoms with Crippen LogP contribution in [-0.4, -0.2) is 27.7 Å². The Labute approximate surface area is 185 Å². The predicted molar refractivity (Wildman–Crippen MR) is 121 cm³/mol. The smallest absolute Gasteiger partial charge is 0.146 e. The van der Waals surface area contributed by atoms with Crippen LogP contribution in [0.15, 0.2) is 29.4 Å². The van der Waals surface area contributed by atoms with Gasteiger partial charge in [-0.15, -0.1) is 11.8 Å². The number of aliphatic hydroxyl groups excluding tert-OH is 1. The third-order valence-electron chi connectivity index (χ3n) is 10.1. The number of thioether (sulfide) groups is 1. The summed E-state index contributed by atoms with van der Waals surface area (Å²) in [5.41, 5.74) is 0.622. The summed E-state index contributed by atoms with van der Waals surface area (Å²) in [5, 5.41) is 10.2. The van der Waals surface area contributed by atoms with Crippen LogP contribution in [0.1, 0.15) is 71.6 Å². The van der Waals surface area contributed by atoms with Crippen molar-refractivity contribution in [1.29, 1.82) is 0 Å². The molecule has 1 aromatic heterocycles. The van der Waals surface area contributed by atoms with Gasteiger partial charge in [0.1, 0.15) is 5.78 Å². The predicted octanol–water partition coefficient (Wildman–Crippen LogP) is 5.76. The van der Waals surface area contributed by atoms with Gasteiger partial charge in [0, 0.05) is 23.2 Å². The molecule has 0 bridgehead atoms. The van der Waals surface area contributed by atoms with E-state index in [0.29, 0.717) is 22.9 Å². The molecule has 0 spiro atoms. The summed E-state index contributed by atoms with van der Waals surface area (Å²) in [7, 11) is 0. The molecule has 8 atom stereocenters. The summed E-state index contributed by atoms with van der Waals surface area (Å²) < 4.78 is 0. The first-order valence-electron chi connectivity index (χ1n) is 12.2. The minimum atomic E-state index is -0.0696. The minimum absolute atomic E-state index is 0.0696. The largest absolute Gasteiger partial charge is 0.393 e. The molecule has 4 aliphatic rings. The lowest BCUT2D eigenvalue weighted by atomic mass is 9.44. The number of aromatic nitrogens is 1. The molecule has 4 fully saturated rings. The standard InChI is InChI=1S/C26H37NO2S/c1-25-11-7-18(28)15-17(25)3-4-20-21-5-6-23(26(21,2)12-8-22(20)25)24(29)16-30-19-9-13-27-14-10-19/h9-10,13-14,17-18,20-23,28H,3-8,11-12,15-16H2,1-2H3/t17-,18-,20+,21+,22+,23-,25+,26+/m1/s1. The van der Waals surface area contributed by atoms with Crippen LogP contribution in [0.4, 0.5) is 0 Å². The highest BCUT2D eigenvalue weighted by Crippen LogP contribution is 2.67. The number of Topliss-reactive ketones (excluding diaryl/α,β-unsaturated/α-hetero) is 1. The number of hydrogen-bond acceptors (Lipinski definition) is 4. The molecule has 30 heavy (non-hydrogen) atoms. The average molecular weight is 428 g/mol. The van der Waals surface area contributed by atoms with Crippen molar-refractivity contribution in [1.82, 2.24) is 4.98 Å². The number of pyridine rings is 1. The summed E-state index contributed by atoms with van der Waals surface area (Å²) in [6, 6.07) is 4.01. The summed E-state index contributed by atoms with van der Waals surface area (Å²) >= 11 is 1.68. The van der Waals surface area contributed by atoms with E-state index in [4.69, 9.17) is 0 Å². The van der Waals surface area contributed by atoms with Crippen LogP contribution in [0.2, 0.25) is 0 Å². The van der Waals surface area contributed by atoms with Crippen LogP contribution >= 0.6 is 11.8 Å². The second-order valence-corrected chi connectivity index (χ2v) is 12.2. The normalized spacial score (nSPS) is 45.3. The number of hydrogen-bond donors (Lipinski definition) is 1. The van der Waals surface area contributed by atoms with Gasteiger partial charge in [-0.25, -0.2) is 0 Å². The van der Waals surface area contributed by atoms with Crippen LogP contribution in [-0.2, 0) is 4.79 Å². The third-order valence-corrected chi connectivity index (χ3v) is 11.1. The lowest BCUT2D eigenvalue weighted by molar-refractivity contribution is -0.138. The number of carbonyl (C=O) groups excluding carboxylic acids is 1. The Morgan fingerprint density at radius 1 is 1.03 bits per heavy atom. The first kappa shape index (κ1) is 21.0. The number of carbonyl (C=O) groups is 1. The van der Waals surface area contributed by atoms with Gasteiger partial charge in [0.05, 0.1) is 11.9 Å². The molecule has 1 heterocycles. The average Bonchev–Trinajstić information content (AvgIpc) is 3.10. The molecule has 0 aliphatic heterocycles. The van der Waals surface area contributed by atoms with Crippen molar-refractivity contribution in [3.05, 3.63) is 24.5 Å². The van der Waals surface area contributed by atoms with Gasteiger partial charge in [0.25, 0.3) is 0 Å². The maximum Gasteiger partial charge on any atom is 0.146 e. The molecule has 0 amide bonds. The second kappa shape index (κ2) is 7.92. The molecular formula is C26H37NO2S. The van der Waals surface area contributed by atoms with E-state index in [-0.39, 0.29) is 17.4 Å². The molecule has 4 heteroatoms. The highest BCUT2D eigenvalue weighted by molar-refractivity contribution is 8.00. The topological polar surface area (TPSA) is 50.2 Å². The highest BCUT2D eigenvalue weighted by Gasteiger charge is 2.60. The first-order chi connectivity index (χ1) is 14.4. The molecule has 0 unspecified atom stereocenters. The van der Waals surface area contributed by atoms with Gasteiger partial charge in [-0.1, -0.05) is 13.8 Å². The Bertz CT molecular complexity index is 784. The van der Waals surface area contributed by atoms with Gasteiger partial charge in [-0.05, 0) is 104 Å². The van der Waals surface area contributed by atoms with Crippen molar-refractivity contribution in [3.8, 4) is 0 Å². The lowest BCUT2D eigenvalue weighted by Gasteiger charge is -2.60. The second-order valence-electron chi connectivity index (χ2n) is 11.2. The SMILES string of the molecule is C[C@]12CC[C@@H](O)C[C@H]1CC[C@@H]1[C@@H]2CC[C@]2(C)[C@@H](C(=O)CSc3ccncc3)CC[C@@H]12. The first-order valence-corrected chi connectivity index (χ1v) is 13.1. The summed E-state index contributed by atoms with van der Waals surface area (Å²) in [5.74, 6) is 4.36. The van der Waals surface area contributed by atoms with E-state index in [0.717, 1.165) is 41.9 Å². The van der Waals surface area contributed by atoms with E-state index in [9.17, 15) is 9.90 Å². The Kier molecular flexibility index (Phi) is 5.54. The van der Waals surface area contributed by atoms with Crippen molar-refractivity contribution in [3.63, 3.8) is 0 Å². The molecule has 5 rings (SSSR count). The van der Waals surface area contributed by atoms with E-state index in [1.807, 2.05) is 24.5 Å². The van der Waals surface area contributed by atoms with Gasteiger partial charge < -0.3 is 5.11 Å². The summed E-state index contributed by atoms with van der Waals surface area (Å²) in [6.45, 7) is 5.01. The molecular weight excluding hydrogens is 390 g/mol. The number of rotatable bonds is 4. The molecule has 164 valence electrons. The van der Waals surface area contributed by atoms with Gasteiger partial charge in [-0.2, -0.15) is 0 Å².